The zero-order chi connectivity index (χ0) is 15.2. The van der Waals surface area contributed by atoms with E-state index in [1.807, 2.05) is 37.4 Å². The van der Waals surface area contributed by atoms with Gasteiger partial charge >= 0.3 is 12.0 Å². The molecule has 1 fully saturated rings. The highest BCUT2D eigenvalue weighted by atomic mass is 16.4. The summed E-state index contributed by atoms with van der Waals surface area (Å²) in [6.45, 7) is 2.87. The van der Waals surface area contributed by atoms with E-state index in [2.05, 4.69) is 10.2 Å². The van der Waals surface area contributed by atoms with Crippen LogP contribution in [0.4, 0.5) is 4.79 Å². The summed E-state index contributed by atoms with van der Waals surface area (Å²) in [6, 6.07) is 8.11. The van der Waals surface area contributed by atoms with Crippen LogP contribution in [0.3, 0.4) is 0 Å². The van der Waals surface area contributed by atoms with E-state index in [4.69, 9.17) is 0 Å². The van der Waals surface area contributed by atoms with Crippen molar-refractivity contribution in [1.82, 2.24) is 15.1 Å². The molecule has 114 valence electrons. The van der Waals surface area contributed by atoms with Gasteiger partial charge in [-0.05, 0) is 12.6 Å². The number of carbonyl (C=O) groups excluding carboxylic acids is 1. The van der Waals surface area contributed by atoms with E-state index in [1.54, 1.807) is 4.90 Å². The van der Waals surface area contributed by atoms with Gasteiger partial charge in [0.15, 0.2) is 0 Å². The highest BCUT2D eigenvalue weighted by molar-refractivity contribution is 5.82. The SMILES string of the molecule is CN1CCN(C(=O)N[C@H](Cc2ccccc2)C(=O)O)CC1. The molecule has 0 saturated carbocycles. The minimum Gasteiger partial charge on any atom is -0.480 e. The number of rotatable bonds is 4. The molecule has 0 aromatic heterocycles. The minimum absolute atomic E-state index is 0.287. The Hall–Kier alpha value is -2.08. The molecule has 2 rings (SSSR count). The summed E-state index contributed by atoms with van der Waals surface area (Å²) < 4.78 is 0. The van der Waals surface area contributed by atoms with Gasteiger partial charge in [0.1, 0.15) is 6.04 Å². The van der Waals surface area contributed by atoms with Crippen molar-refractivity contribution in [1.29, 1.82) is 0 Å². The fourth-order valence-corrected chi connectivity index (χ4v) is 2.30. The van der Waals surface area contributed by atoms with Crippen molar-refractivity contribution < 1.29 is 14.7 Å². The van der Waals surface area contributed by atoms with Gasteiger partial charge in [-0.1, -0.05) is 30.3 Å². The maximum Gasteiger partial charge on any atom is 0.326 e. The van der Waals surface area contributed by atoms with Crippen LogP contribution in [0.2, 0.25) is 0 Å². The van der Waals surface area contributed by atoms with Gasteiger partial charge in [-0.25, -0.2) is 9.59 Å². The quantitative estimate of drug-likeness (QED) is 0.854. The summed E-state index contributed by atoms with van der Waals surface area (Å²) in [5, 5.41) is 11.9. The Bertz CT molecular complexity index is 484. The number of carboxylic acid groups (broad SMARTS) is 1. The molecule has 1 aliphatic heterocycles. The highest BCUT2D eigenvalue weighted by Crippen LogP contribution is 2.05. The topological polar surface area (TPSA) is 72.9 Å². The zero-order valence-electron chi connectivity index (χ0n) is 12.2. The zero-order valence-corrected chi connectivity index (χ0v) is 12.2. The standard InChI is InChI=1S/C15H21N3O3/c1-17-7-9-18(10-8-17)15(21)16-13(14(19)20)11-12-5-3-2-4-6-12/h2-6,13H,7-11H2,1H3,(H,16,21)(H,19,20)/t13-/m1/s1. The Morgan fingerprint density at radius 1 is 1.19 bits per heavy atom. The molecule has 1 aliphatic rings. The van der Waals surface area contributed by atoms with Crippen LogP contribution in [0.1, 0.15) is 5.56 Å². The summed E-state index contributed by atoms with van der Waals surface area (Å²) >= 11 is 0. The largest absolute Gasteiger partial charge is 0.480 e. The van der Waals surface area contributed by atoms with Crippen molar-refractivity contribution in [3.8, 4) is 0 Å². The lowest BCUT2D eigenvalue weighted by molar-refractivity contribution is -0.139. The Morgan fingerprint density at radius 2 is 1.81 bits per heavy atom. The van der Waals surface area contributed by atoms with Crippen molar-refractivity contribution in [3.63, 3.8) is 0 Å². The second-order valence-electron chi connectivity index (χ2n) is 5.32. The predicted molar refractivity (Wildman–Crippen MR) is 79.2 cm³/mol. The molecule has 0 spiro atoms. The highest BCUT2D eigenvalue weighted by Gasteiger charge is 2.25. The smallest absolute Gasteiger partial charge is 0.326 e. The van der Waals surface area contributed by atoms with E-state index in [-0.39, 0.29) is 12.5 Å². The normalized spacial score (nSPS) is 17.3. The molecule has 1 aromatic rings. The van der Waals surface area contributed by atoms with Gasteiger partial charge in [-0.2, -0.15) is 0 Å². The van der Waals surface area contributed by atoms with E-state index in [9.17, 15) is 14.7 Å². The van der Waals surface area contributed by atoms with Crippen LogP contribution in [-0.4, -0.2) is 66.2 Å². The van der Waals surface area contributed by atoms with Crippen LogP contribution in [0.5, 0.6) is 0 Å². The molecule has 6 nitrogen and oxygen atoms in total. The van der Waals surface area contributed by atoms with Crippen LogP contribution in [0.25, 0.3) is 0 Å². The molecule has 0 unspecified atom stereocenters. The van der Waals surface area contributed by atoms with Gasteiger partial charge in [-0.15, -0.1) is 0 Å². The molecule has 1 atom stereocenters. The van der Waals surface area contributed by atoms with Crippen molar-refractivity contribution in [3.05, 3.63) is 35.9 Å². The molecule has 21 heavy (non-hydrogen) atoms. The number of aliphatic carboxylic acids is 1. The molecular weight excluding hydrogens is 270 g/mol. The summed E-state index contributed by atoms with van der Waals surface area (Å²) in [4.78, 5) is 27.3. The number of amides is 2. The van der Waals surface area contributed by atoms with Gasteiger partial charge in [-0.3, -0.25) is 0 Å². The number of carboxylic acids is 1. The van der Waals surface area contributed by atoms with Crippen molar-refractivity contribution >= 4 is 12.0 Å². The second kappa shape index (κ2) is 7.08. The fraction of sp³-hybridized carbons (Fsp3) is 0.467. The molecule has 1 saturated heterocycles. The number of piperazine rings is 1. The van der Waals surface area contributed by atoms with Crippen LogP contribution in [0, 0.1) is 0 Å². The molecular formula is C15H21N3O3. The molecule has 1 heterocycles. The fourth-order valence-electron chi connectivity index (χ4n) is 2.30. The van der Waals surface area contributed by atoms with Gasteiger partial charge in [0.25, 0.3) is 0 Å². The van der Waals surface area contributed by atoms with Gasteiger partial charge in [0.2, 0.25) is 0 Å². The number of hydrogen-bond acceptors (Lipinski definition) is 3. The van der Waals surface area contributed by atoms with Crippen LogP contribution in [-0.2, 0) is 11.2 Å². The number of likely N-dealkylation sites (N-methyl/N-ethyl adjacent to an activating group) is 1. The van der Waals surface area contributed by atoms with Crippen molar-refractivity contribution in [2.75, 3.05) is 33.2 Å². The molecule has 1 aromatic carbocycles. The van der Waals surface area contributed by atoms with E-state index in [1.165, 1.54) is 0 Å². The van der Waals surface area contributed by atoms with Gasteiger partial charge < -0.3 is 20.2 Å². The number of hydrogen-bond donors (Lipinski definition) is 2. The van der Waals surface area contributed by atoms with E-state index < -0.39 is 12.0 Å². The van der Waals surface area contributed by atoms with E-state index in [0.29, 0.717) is 13.1 Å². The van der Waals surface area contributed by atoms with Crippen LogP contribution >= 0.6 is 0 Å². The third kappa shape index (κ3) is 4.46. The number of nitrogens with zero attached hydrogens (tertiary/aromatic N) is 2. The molecule has 0 radical (unpaired) electrons. The van der Waals surface area contributed by atoms with Gasteiger partial charge in [0, 0.05) is 32.6 Å². The summed E-state index contributed by atoms with van der Waals surface area (Å²) in [5.41, 5.74) is 0.892. The van der Waals surface area contributed by atoms with Gasteiger partial charge in [0.05, 0.1) is 0 Å². The summed E-state index contributed by atoms with van der Waals surface area (Å²) in [6.07, 6.45) is 0.287. The Balaban J connectivity index is 1.93. The molecule has 2 amide bonds. The first-order chi connectivity index (χ1) is 10.1. The predicted octanol–water partition coefficient (Wildman–Crippen LogP) is 0.639. The monoisotopic (exact) mass is 291 g/mol. The lowest BCUT2D eigenvalue weighted by Crippen LogP contribution is -2.54. The maximum absolute atomic E-state index is 12.1. The first-order valence-electron chi connectivity index (χ1n) is 7.07. The third-order valence-corrected chi connectivity index (χ3v) is 3.67. The number of benzene rings is 1. The van der Waals surface area contributed by atoms with E-state index >= 15 is 0 Å². The number of nitrogens with one attached hydrogen (secondary N) is 1. The minimum atomic E-state index is -1.01. The second-order valence-corrected chi connectivity index (χ2v) is 5.32. The molecule has 2 N–H and O–H groups in total. The molecule has 6 heteroatoms. The van der Waals surface area contributed by atoms with Crippen molar-refractivity contribution in [2.45, 2.75) is 12.5 Å². The lowest BCUT2D eigenvalue weighted by Gasteiger charge is -2.33. The molecule has 0 bridgehead atoms. The average Bonchev–Trinajstić information content (AvgIpc) is 2.48. The lowest BCUT2D eigenvalue weighted by atomic mass is 10.1. The maximum atomic E-state index is 12.1. The third-order valence-electron chi connectivity index (χ3n) is 3.67. The average molecular weight is 291 g/mol. The summed E-state index contributed by atoms with van der Waals surface area (Å²) in [5.74, 6) is -1.01. The molecule has 0 aliphatic carbocycles. The van der Waals surface area contributed by atoms with Crippen LogP contribution < -0.4 is 5.32 Å². The Labute approximate surface area is 124 Å². The first kappa shape index (κ1) is 15.3. The number of carbonyl (C=O) groups is 2. The van der Waals surface area contributed by atoms with E-state index in [0.717, 1.165) is 18.7 Å². The first-order valence-corrected chi connectivity index (χ1v) is 7.07. The van der Waals surface area contributed by atoms with Crippen molar-refractivity contribution in [2.24, 2.45) is 0 Å². The number of urea groups is 1. The van der Waals surface area contributed by atoms with Crippen LogP contribution in [0.15, 0.2) is 30.3 Å². The summed E-state index contributed by atoms with van der Waals surface area (Å²) in [7, 11) is 2.00. The Morgan fingerprint density at radius 3 is 2.38 bits per heavy atom. The Kier molecular flexibility index (Phi) is 5.16.